The number of nitrogens with one attached hydrogen (secondary N) is 1. The molecule has 0 aromatic carbocycles. The molecular formula is C18H24N6O2. The third-order valence-electron chi connectivity index (χ3n) is 5.27. The van der Waals surface area contributed by atoms with Crippen molar-refractivity contribution in [1.82, 2.24) is 25.1 Å². The van der Waals surface area contributed by atoms with Gasteiger partial charge in [0.2, 0.25) is 0 Å². The molecule has 8 nitrogen and oxygen atoms in total. The predicted octanol–water partition coefficient (Wildman–Crippen LogP) is 0.913. The lowest BCUT2D eigenvalue weighted by Crippen LogP contribution is -2.33. The number of ether oxygens (including phenoxy) is 1. The van der Waals surface area contributed by atoms with Crippen molar-refractivity contribution in [2.24, 2.45) is 5.92 Å². The molecule has 1 fully saturated rings. The molecule has 1 N–H and O–H groups in total. The minimum absolute atomic E-state index is 0.00820. The summed E-state index contributed by atoms with van der Waals surface area (Å²) in [6.45, 7) is 4.08. The first-order valence-electron chi connectivity index (χ1n) is 9.11. The van der Waals surface area contributed by atoms with Gasteiger partial charge in [0.05, 0.1) is 12.3 Å². The van der Waals surface area contributed by atoms with E-state index in [0.29, 0.717) is 24.7 Å². The molecule has 138 valence electrons. The second kappa shape index (κ2) is 7.41. The van der Waals surface area contributed by atoms with Crippen LogP contribution >= 0.6 is 0 Å². The largest absolute Gasteiger partial charge is 0.384 e. The van der Waals surface area contributed by atoms with E-state index < -0.39 is 0 Å². The Morgan fingerprint density at radius 2 is 2.19 bits per heavy atom. The highest BCUT2D eigenvalue weighted by Crippen LogP contribution is 2.28. The zero-order chi connectivity index (χ0) is 17.9. The Hall–Kier alpha value is -2.48. The summed E-state index contributed by atoms with van der Waals surface area (Å²) in [5.41, 5.74) is 2.78. The molecule has 2 aromatic heterocycles. The molecule has 0 spiro atoms. The van der Waals surface area contributed by atoms with Crippen LogP contribution in [0.3, 0.4) is 0 Å². The second-order valence-corrected chi connectivity index (χ2v) is 6.94. The maximum atomic E-state index is 12.6. The van der Waals surface area contributed by atoms with Crippen LogP contribution in [0, 0.1) is 5.92 Å². The van der Waals surface area contributed by atoms with Gasteiger partial charge < -0.3 is 14.5 Å². The van der Waals surface area contributed by atoms with Crippen molar-refractivity contribution in [2.45, 2.75) is 19.3 Å². The number of aromatic nitrogens is 4. The summed E-state index contributed by atoms with van der Waals surface area (Å²) >= 11 is 0. The zero-order valence-electron chi connectivity index (χ0n) is 15.0. The van der Waals surface area contributed by atoms with Gasteiger partial charge in [0.1, 0.15) is 17.8 Å². The summed E-state index contributed by atoms with van der Waals surface area (Å²) < 4.78 is 5.31. The van der Waals surface area contributed by atoms with Crippen LogP contribution in [0.2, 0.25) is 0 Å². The van der Waals surface area contributed by atoms with Crippen LogP contribution in [0.1, 0.15) is 28.2 Å². The lowest BCUT2D eigenvalue weighted by atomic mass is 10.1. The van der Waals surface area contributed by atoms with Gasteiger partial charge >= 0.3 is 0 Å². The molecule has 26 heavy (non-hydrogen) atoms. The van der Waals surface area contributed by atoms with E-state index in [1.165, 1.54) is 5.56 Å². The normalized spacial score (nSPS) is 20.1. The number of aromatic amines is 1. The van der Waals surface area contributed by atoms with E-state index in [2.05, 4.69) is 25.1 Å². The fourth-order valence-corrected chi connectivity index (χ4v) is 3.93. The molecule has 1 saturated heterocycles. The first-order valence-corrected chi connectivity index (χ1v) is 9.11. The first kappa shape index (κ1) is 17.0. The van der Waals surface area contributed by atoms with Gasteiger partial charge in [0.25, 0.3) is 5.91 Å². The van der Waals surface area contributed by atoms with Crippen molar-refractivity contribution >= 4 is 11.7 Å². The number of amides is 1. The number of nitrogens with zero attached hydrogens (tertiary/aromatic N) is 5. The number of carbonyl (C=O) groups is 1. The first-order chi connectivity index (χ1) is 12.8. The van der Waals surface area contributed by atoms with Crippen LogP contribution in [-0.4, -0.2) is 70.9 Å². The minimum Gasteiger partial charge on any atom is -0.384 e. The topological polar surface area (TPSA) is 87.2 Å². The molecule has 4 rings (SSSR count). The van der Waals surface area contributed by atoms with Crippen LogP contribution in [0.4, 0.5) is 5.82 Å². The molecule has 0 bridgehead atoms. The average molecular weight is 356 g/mol. The van der Waals surface area contributed by atoms with Crippen molar-refractivity contribution in [3.8, 4) is 0 Å². The Kier molecular flexibility index (Phi) is 4.83. The Morgan fingerprint density at radius 3 is 3.00 bits per heavy atom. The molecule has 4 heterocycles. The van der Waals surface area contributed by atoms with E-state index in [9.17, 15) is 4.79 Å². The van der Waals surface area contributed by atoms with Crippen molar-refractivity contribution < 1.29 is 9.53 Å². The van der Waals surface area contributed by atoms with Gasteiger partial charge in [-0.1, -0.05) is 0 Å². The highest BCUT2D eigenvalue weighted by atomic mass is 16.5. The summed E-state index contributed by atoms with van der Waals surface area (Å²) in [7, 11) is 1.75. The van der Waals surface area contributed by atoms with Gasteiger partial charge in [-0.25, -0.2) is 9.97 Å². The second-order valence-electron chi connectivity index (χ2n) is 6.94. The quantitative estimate of drug-likeness (QED) is 0.876. The standard InChI is InChI=1S/C18H24N6O2/c1-26-11-13-3-7-24(10-13)17-14-4-8-23(9-5-15(14)19-12-20-17)18(25)16-2-6-21-22-16/h2,6,12-13H,3-5,7-11H2,1H3,(H,21,22)/t13-/m1/s1. The van der Waals surface area contributed by atoms with E-state index in [1.807, 2.05) is 4.90 Å². The van der Waals surface area contributed by atoms with Crippen molar-refractivity contribution in [2.75, 3.05) is 44.8 Å². The van der Waals surface area contributed by atoms with Crippen molar-refractivity contribution in [1.29, 1.82) is 0 Å². The molecule has 0 radical (unpaired) electrons. The Balaban J connectivity index is 1.51. The highest BCUT2D eigenvalue weighted by molar-refractivity contribution is 5.92. The van der Waals surface area contributed by atoms with E-state index in [-0.39, 0.29) is 5.91 Å². The van der Waals surface area contributed by atoms with Gasteiger partial charge in [-0.05, 0) is 18.9 Å². The van der Waals surface area contributed by atoms with Crippen LogP contribution in [0.15, 0.2) is 18.6 Å². The Morgan fingerprint density at radius 1 is 1.31 bits per heavy atom. The highest BCUT2D eigenvalue weighted by Gasteiger charge is 2.28. The number of carbonyl (C=O) groups excluding carboxylic acids is 1. The third-order valence-corrected chi connectivity index (χ3v) is 5.27. The average Bonchev–Trinajstić information content (AvgIpc) is 3.30. The molecule has 8 heteroatoms. The SMILES string of the molecule is COC[C@@H]1CCN(c2ncnc3c2CCN(C(=O)c2ccn[nH]2)CC3)C1. The Labute approximate surface area is 152 Å². The fourth-order valence-electron chi connectivity index (χ4n) is 3.93. The summed E-state index contributed by atoms with van der Waals surface area (Å²) in [6, 6.07) is 1.71. The lowest BCUT2D eigenvalue weighted by molar-refractivity contribution is 0.0757. The fraction of sp³-hybridized carbons (Fsp3) is 0.556. The van der Waals surface area contributed by atoms with E-state index in [0.717, 1.165) is 50.5 Å². The Bertz CT molecular complexity index is 763. The smallest absolute Gasteiger partial charge is 0.271 e. The number of hydrogen-bond donors (Lipinski definition) is 1. The van der Waals surface area contributed by atoms with Crippen LogP contribution in [-0.2, 0) is 17.6 Å². The molecule has 2 aliphatic rings. The molecule has 2 aromatic rings. The molecule has 1 atom stereocenters. The van der Waals surface area contributed by atoms with Crippen molar-refractivity contribution in [3.63, 3.8) is 0 Å². The van der Waals surface area contributed by atoms with E-state index in [1.54, 1.807) is 25.7 Å². The van der Waals surface area contributed by atoms with Gasteiger partial charge in [-0.3, -0.25) is 9.89 Å². The predicted molar refractivity (Wildman–Crippen MR) is 96.1 cm³/mol. The summed E-state index contributed by atoms with van der Waals surface area (Å²) in [5.74, 6) is 1.57. The third kappa shape index (κ3) is 3.29. The minimum atomic E-state index is -0.00820. The summed E-state index contributed by atoms with van der Waals surface area (Å²) in [5, 5.41) is 6.64. The van der Waals surface area contributed by atoms with Crippen LogP contribution < -0.4 is 4.90 Å². The number of H-pyrrole nitrogens is 1. The lowest BCUT2D eigenvalue weighted by Gasteiger charge is -2.22. The van der Waals surface area contributed by atoms with E-state index >= 15 is 0 Å². The summed E-state index contributed by atoms with van der Waals surface area (Å²) in [6.07, 6.45) is 5.91. The van der Waals surface area contributed by atoms with Crippen molar-refractivity contribution in [3.05, 3.63) is 35.5 Å². The zero-order valence-corrected chi connectivity index (χ0v) is 15.0. The molecule has 1 amide bonds. The van der Waals surface area contributed by atoms with Gasteiger partial charge in [-0.2, -0.15) is 5.10 Å². The molecule has 0 saturated carbocycles. The number of anilines is 1. The van der Waals surface area contributed by atoms with Crippen LogP contribution in [0.25, 0.3) is 0 Å². The van der Waals surface area contributed by atoms with Crippen LogP contribution in [0.5, 0.6) is 0 Å². The van der Waals surface area contributed by atoms with Gasteiger partial charge in [-0.15, -0.1) is 0 Å². The van der Waals surface area contributed by atoms with Gasteiger partial charge in [0, 0.05) is 57.4 Å². The molecular weight excluding hydrogens is 332 g/mol. The maximum Gasteiger partial charge on any atom is 0.271 e. The summed E-state index contributed by atoms with van der Waals surface area (Å²) in [4.78, 5) is 25.9. The number of hydrogen-bond acceptors (Lipinski definition) is 6. The molecule has 0 unspecified atom stereocenters. The number of rotatable bonds is 4. The number of methoxy groups -OCH3 is 1. The number of fused-ring (bicyclic) bond motifs is 1. The molecule has 2 aliphatic heterocycles. The molecule has 0 aliphatic carbocycles. The maximum absolute atomic E-state index is 12.6. The monoisotopic (exact) mass is 356 g/mol. The van der Waals surface area contributed by atoms with E-state index in [4.69, 9.17) is 4.74 Å². The van der Waals surface area contributed by atoms with Gasteiger partial charge in [0.15, 0.2) is 0 Å².